The van der Waals surface area contributed by atoms with Gasteiger partial charge in [0.15, 0.2) is 0 Å². The molecule has 1 aromatic carbocycles. The van der Waals surface area contributed by atoms with E-state index in [1.165, 1.54) is 18.3 Å². The predicted molar refractivity (Wildman–Crippen MR) is 92.4 cm³/mol. The number of rotatable bonds is 5. The van der Waals surface area contributed by atoms with Gasteiger partial charge >= 0.3 is 5.69 Å². The topological polar surface area (TPSA) is 88.4 Å². The molecule has 1 fully saturated rings. The number of anilines is 1. The smallest absolute Gasteiger partial charge is 0.311 e. The molecule has 1 atom stereocenters. The molecule has 0 saturated carbocycles. The first-order chi connectivity index (χ1) is 12.0. The van der Waals surface area contributed by atoms with Gasteiger partial charge in [-0.25, -0.2) is 4.39 Å². The lowest BCUT2D eigenvalue weighted by Gasteiger charge is -2.18. The molecule has 2 aromatic rings. The minimum atomic E-state index is -0.558. The quantitative estimate of drug-likeness (QED) is 0.606. The zero-order valence-corrected chi connectivity index (χ0v) is 14.6. The van der Waals surface area contributed by atoms with Gasteiger partial charge in [0.1, 0.15) is 23.7 Å². The van der Waals surface area contributed by atoms with E-state index in [1.54, 1.807) is 17.0 Å². The van der Waals surface area contributed by atoms with Crippen LogP contribution in [0.5, 0.6) is 0 Å². The Bertz CT molecular complexity index is 816. The van der Waals surface area contributed by atoms with Gasteiger partial charge in [0.25, 0.3) is 0 Å². The van der Waals surface area contributed by atoms with Gasteiger partial charge in [-0.2, -0.15) is 0 Å². The molecule has 2 heterocycles. The van der Waals surface area contributed by atoms with Crippen LogP contribution in [-0.4, -0.2) is 33.3 Å². The molecule has 0 radical (unpaired) electrons. The first kappa shape index (κ1) is 17.3. The number of hydrogen-bond acceptors (Lipinski definition) is 5. The van der Waals surface area contributed by atoms with Gasteiger partial charge in [-0.05, 0) is 40.0 Å². The molecule has 1 aliphatic rings. The molecule has 0 aliphatic carbocycles. The third kappa shape index (κ3) is 3.76. The molecular weight excluding hydrogens is 395 g/mol. The van der Waals surface area contributed by atoms with E-state index in [0.717, 1.165) is 11.8 Å². The summed E-state index contributed by atoms with van der Waals surface area (Å²) in [5.74, 6) is -0.478. The average Bonchev–Trinajstić information content (AvgIpc) is 2.92. The molecule has 9 heteroatoms. The van der Waals surface area contributed by atoms with Crippen LogP contribution in [0.4, 0.5) is 15.8 Å². The van der Waals surface area contributed by atoms with Crippen LogP contribution in [0.15, 0.2) is 41.1 Å². The highest BCUT2D eigenvalue weighted by molar-refractivity contribution is 9.10. The first-order valence-electron chi connectivity index (χ1n) is 7.53. The van der Waals surface area contributed by atoms with Crippen molar-refractivity contribution in [3.05, 3.63) is 62.6 Å². The van der Waals surface area contributed by atoms with Crippen molar-refractivity contribution in [2.24, 2.45) is 0 Å². The lowest BCUT2D eigenvalue weighted by atomic mass is 10.2. The van der Waals surface area contributed by atoms with Crippen LogP contribution >= 0.6 is 15.9 Å². The largest absolute Gasteiger partial charge is 0.367 e. The molecule has 0 spiro atoms. The summed E-state index contributed by atoms with van der Waals surface area (Å²) in [6.45, 7) is 0.890. The van der Waals surface area contributed by atoms with Crippen molar-refractivity contribution in [3.8, 4) is 0 Å². The van der Waals surface area contributed by atoms with E-state index in [2.05, 4.69) is 26.2 Å². The lowest BCUT2D eigenvalue weighted by Crippen LogP contribution is -2.33. The Morgan fingerprint density at radius 3 is 2.76 bits per heavy atom. The van der Waals surface area contributed by atoms with Crippen molar-refractivity contribution in [2.45, 2.75) is 19.0 Å². The summed E-state index contributed by atoms with van der Waals surface area (Å²) in [7, 11) is 0. The normalized spacial score (nSPS) is 17.0. The van der Waals surface area contributed by atoms with Gasteiger partial charge in [0.05, 0.1) is 9.40 Å². The number of carbonyl (C=O) groups is 1. The highest BCUT2D eigenvalue weighted by atomic mass is 79.9. The second-order valence-electron chi connectivity index (χ2n) is 5.64. The van der Waals surface area contributed by atoms with Gasteiger partial charge in [0, 0.05) is 19.3 Å². The number of amides is 1. The number of pyridine rings is 1. The molecule has 7 nitrogen and oxygen atoms in total. The summed E-state index contributed by atoms with van der Waals surface area (Å²) in [6.07, 6.45) is 3.10. The number of benzene rings is 1. The van der Waals surface area contributed by atoms with E-state index < -0.39 is 11.0 Å². The minimum absolute atomic E-state index is 0.151. The van der Waals surface area contributed by atoms with Gasteiger partial charge in [-0.15, -0.1) is 0 Å². The minimum Gasteiger partial charge on any atom is -0.367 e. The van der Waals surface area contributed by atoms with Crippen LogP contribution in [0.2, 0.25) is 0 Å². The van der Waals surface area contributed by atoms with Crippen LogP contribution in [0.1, 0.15) is 12.0 Å². The molecule has 1 aliphatic heterocycles. The van der Waals surface area contributed by atoms with Crippen LogP contribution in [0.25, 0.3) is 0 Å². The highest BCUT2D eigenvalue weighted by Gasteiger charge is 2.33. The van der Waals surface area contributed by atoms with Crippen LogP contribution in [-0.2, 0) is 11.3 Å². The molecular formula is C16H14BrFN4O3. The van der Waals surface area contributed by atoms with Gasteiger partial charge in [-0.1, -0.05) is 12.1 Å². The number of nitrogens with one attached hydrogen (secondary N) is 1. The fourth-order valence-electron chi connectivity index (χ4n) is 2.72. The van der Waals surface area contributed by atoms with E-state index in [1.807, 2.05) is 0 Å². The van der Waals surface area contributed by atoms with E-state index in [4.69, 9.17) is 0 Å². The fourth-order valence-corrected chi connectivity index (χ4v) is 3.16. The number of aromatic nitrogens is 1. The Morgan fingerprint density at radius 2 is 2.08 bits per heavy atom. The summed E-state index contributed by atoms with van der Waals surface area (Å²) in [6, 6.07) is 5.41. The number of likely N-dealkylation sites (tertiary alicyclic amines) is 1. The highest BCUT2D eigenvalue weighted by Crippen LogP contribution is 2.33. The van der Waals surface area contributed by atoms with Gasteiger partial charge in [-0.3, -0.25) is 19.9 Å². The Morgan fingerprint density at radius 1 is 1.36 bits per heavy atom. The third-order valence-corrected chi connectivity index (χ3v) is 4.58. The molecule has 130 valence electrons. The Balaban J connectivity index is 1.73. The molecule has 25 heavy (non-hydrogen) atoms. The predicted octanol–water partition coefficient (Wildman–Crippen LogP) is 3.10. The SMILES string of the molecule is O=C1C(Nc2c(Br)cncc2[N+](=O)[O-])CCN1Cc1ccc(F)cc1. The van der Waals surface area contributed by atoms with Crippen LogP contribution in [0.3, 0.4) is 0 Å². The van der Waals surface area contributed by atoms with Gasteiger partial charge in [0.2, 0.25) is 5.91 Å². The van der Waals surface area contributed by atoms with E-state index in [0.29, 0.717) is 24.0 Å². The van der Waals surface area contributed by atoms with Crippen LogP contribution < -0.4 is 5.32 Å². The zero-order chi connectivity index (χ0) is 18.0. The molecule has 1 N–H and O–H groups in total. The van der Waals surface area contributed by atoms with E-state index >= 15 is 0 Å². The summed E-state index contributed by atoms with van der Waals surface area (Å²) in [4.78, 5) is 28.6. The zero-order valence-electron chi connectivity index (χ0n) is 13.0. The lowest BCUT2D eigenvalue weighted by molar-refractivity contribution is -0.384. The summed E-state index contributed by atoms with van der Waals surface area (Å²) in [5.41, 5.74) is 0.868. The molecule has 1 unspecified atom stereocenters. The fraction of sp³-hybridized carbons (Fsp3) is 0.250. The summed E-state index contributed by atoms with van der Waals surface area (Å²) in [5, 5.41) is 14.1. The standard InChI is InChI=1S/C16H14BrFN4O3/c17-12-7-19-8-14(22(24)25)15(12)20-13-5-6-21(16(13)23)9-10-1-3-11(18)4-2-10/h1-4,7-8,13H,5-6,9H2,(H,19,20). The second kappa shape index (κ2) is 7.14. The van der Waals surface area contributed by atoms with Crippen molar-refractivity contribution in [2.75, 3.05) is 11.9 Å². The second-order valence-corrected chi connectivity index (χ2v) is 6.50. The maximum atomic E-state index is 13.0. The van der Waals surface area contributed by atoms with Crippen molar-refractivity contribution in [1.29, 1.82) is 0 Å². The molecule has 1 amide bonds. The van der Waals surface area contributed by atoms with Crippen LogP contribution in [0, 0.1) is 15.9 Å². The number of hydrogen-bond donors (Lipinski definition) is 1. The summed E-state index contributed by atoms with van der Waals surface area (Å²) < 4.78 is 13.4. The Hall–Kier alpha value is -2.55. The Labute approximate surface area is 151 Å². The number of nitrogens with zero attached hydrogens (tertiary/aromatic N) is 3. The number of nitro groups is 1. The molecule has 1 aromatic heterocycles. The molecule has 1 saturated heterocycles. The van der Waals surface area contributed by atoms with Crippen molar-refractivity contribution >= 4 is 33.2 Å². The van der Waals surface area contributed by atoms with Crippen molar-refractivity contribution in [3.63, 3.8) is 0 Å². The average molecular weight is 409 g/mol. The maximum Gasteiger partial charge on any atom is 0.311 e. The monoisotopic (exact) mass is 408 g/mol. The van der Waals surface area contributed by atoms with Crippen molar-refractivity contribution < 1.29 is 14.1 Å². The third-order valence-electron chi connectivity index (χ3n) is 3.98. The van der Waals surface area contributed by atoms with E-state index in [-0.39, 0.29) is 23.1 Å². The summed E-state index contributed by atoms with van der Waals surface area (Å²) >= 11 is 3.23. The molecule has 0 bridgehead atoms. The van der Waals surface area contributed by atoms with Gasteiger partial charge < -0.3 is 10.2 Å². The Kier molecular flexibility index (Phi) is 4.93. The van der Waals surface area contributed by atoms with E-state index in [9.17, 15) is 19.3 Å². The maximum absolute atomic E-state index is 13.0. The molecule has 3 rings (SSSR count). The number of halogens is 2. The van der Waals surface area contributed by atoms with Crippen molar-refractivity contribution in [1.82, 2.24) is 9.88 Å². The number of carbonyl (C=O) groups excluding carboxylic acids is 1. The first-order valence-corrected chi connectivity index (χ1v) is 8.32.